The molecule has 0 N–H and O–H groups in total. The molecule has 0 unspecified atom stereocenters. The Morgan fingerprint density at radius 2 is 1.62 bits per heavy atom. The monoisotopic (exact) mass is 364 g/mol. The molecule has 3 rings (SSSR count). The van der Waals surface area contributed by atoms with Gasteiger partial charge in [-0.25, -0.2) is 4.79 Å². The van der Waals surface area contributed by atoms with Gasteiger partial charge in [0.05, 0.1) is 5.56 Å². The fourth-order valence-corrected chi connectivity index (χ4v) is 2.62. The Bertz CT molecular complexity index is 807. The molecule has 2 aromatic carbocycles. The first-order chi connectivity index (χ1) is 12.3. The summed E-state index contributed by atoms with van der Waals surface area (Å²) in [6, 6.07) is 11.4. The van der Waals surface area contributed by atoms with Crippen LogP contribution in [-0.2, 0) is 22.4 Å². The number of rotatable bonds is 4. The highest BCUT2D eigenvalue weighted by Gasteiger charge is 2.45. The number of hydroxylamine groups is 2. The predicted molar refractivity (Wildman–Crippen MR) is 86.9 cm³/mol. The van der Waals surface area contributed by atoms with E-state index in [4.69, 9.17) is 4.84 Å². The minimum absolute atomic E-state index is 0.0197. The molecule has 0 spiro atoms. The van der Waals surface area contributed by atoms with Crippen LogP contribution in [0.1, 0.15) is 18.1 Å². The van der Waals surface area contributed by atoms with E-state index in [1.807, 2.05) is 6.07 Å². The molecular formula is C18H15F3N2O3. The third kappa shape index (κ3) is 3.41. The average Bonchev–Trinajstić information content (AvgIpc) is 2.83. The van der Waals surface area contributed by atoms with Crippen molar-refractivity contribution in [3.63, 3.8) is 0 Å². The zero-order chi connectivity index (χ0) is 18.9. The van der Waals surface area contributed by atoms with E-state index in [0.29, 0.717) is 5.06 Å². The molecule has 2 aromatic rings. The van der Waals surface area contributed by atoms with E-state index in [-0.39, 0.29) is 12.3 Å². The second-order valence-corrected chi connectivity index (χ2v) is 5.76. The van der Waals surface area contributed by atoms with Gasteiger partial charge in [0.1, 0.15) is 12.6 Å². The summed E-state index contributed by atoms with van der Waals surface area (Å²) in [5.74, 6) is -0.578. The maximum atomic E-state index is 12.7. The highest BCUT2D eigenvalue weighted by molar-refractivity contribution is 6.13. The summed E-state index contributed by atoms with van der Waals surface area (Å²) in [5, 5.41) is 0.648. The summed E-state index contributed by atoms with van der Waals surface area (Å²) in [7, 11) is 0. The number of carbonyl (C=O) groups excluding carboxylic acids is 2. The molecule has 136 valence electrons. The van der Waals surface area contributed by atoms with Gasteiger partial charge in [-0.15, -0.1) is 5.06 Å². The quantitative estimate of drug-likeness (QED) is 0.771. The van der Waals surface area contributed by atoms with Gasteiger partial charge in [-0.3, -0.25) is 14.5 Å². The van der Waals surface area contributed by atoms with Crippen LogP contribution in [0.5, 0.6) is 0 Å². The molecule has 1 fully saturated rings. The van der Waals surface area contributed by atoms with Gasteiger partial charge >= 0.3 is 12.2 Å². The van der Waals surface area contributed by atoms with E-state index in [1.165, 1.54) is 6.92 Å². The summed E-state index contributed by atoms with van der Waals surface area (Å²) in [5.41, 5.74) is 0.132. The fraction of sp³-hybridized carbons (Fsp3) is 0.222. The molecular weight excluding hydrogens is 349 g/mol. The van der Waals surface area contributed by atoms with Gasteiger partial charge in [-0.2, -0.15) is 13.2 Å². The lowest BCUT2D eigenvalue weighted by molar-refractivity contribution is -0.166. The molecule has 26 heavy (non-hydrogen) atoms. The molecule has 0 aromatic heterocycles. The van der Waals surface area contributed by atoms with E-state index in [1.54, 1.807) is 24.3 Å². The minimum atomic E-state index is -4.47. The van der Waals surface area contributed by atoms with Crippen LogP contribution in [0.3, 0.4) is 0 Å². The minimum Gasteiger partial charge on any atom is -0.280 e. The second kappa shape index (κ2) is 6.80. The first-order valence-electron chi connectivity index (χ1n) is 7.80. The van der Waals surface area contributed by atoms with Crippen molar-refractivity contribution in [2.75, 3.05) is 4.90 Å². The van der Waals surface area contributed by atoms with Crippen LogP contribution in [0.4, 0.5) is 23.7 Å². The summed E-state index contributed by atoms with van der Waals surface area (Å²) in [6.07, 6.45) is -4.47. The largest absolute Gasteiger partial charge is 0.416 e. The number of amides is 3. The molecule has 3 amide bonds. The van der Waals surface area contributed by atoms with E-state index in [0.717, 1.165) is 34.7 Å². The first-order valence-corrected chi connectivity index (χ1v) is 7.80. The Labute approximate surface area is 147 Å². The molecule has 1 atom stereocenters. The number of alkyl halides is 3. The van der Waals surface area contributed by atoms with Crippen LogP contribution in [0, 0.1) is 0 Å². The number of halogens is 3. The molecule has 8 heteroatoms. The first kappa shape index (κ1) is 17.9. The topological polar surface area (TPSA) is 49.9 Å². The summed E-state index contributed by atoms with van der Waals surface area (Å²) in [4.78, 5) is 31.2. The van der Waals surface area contributed by atoms with Gasteiger partial charge in [0.15, 0.2) is 0 Å². The maximum Gasteiger partial charge on any atom is 0.416 e. The van der Waals surface area contributed by atoms with E-state index in [2.05, 4.69) is 0 Å². The molecule has 0 radical (unpaired) electrons. The lowest BCUT2D eigenvalue weighted by atomic mass is 10.1. The van der Waals surface area contributed by atoms with Crippen molar-refractivity contribution in [3.05, 3.63) is 65.7 Å². The second-order valence-electron chi connectivity index (χ2n) is 5.76. The van der Waals surface area contributed by atoms with Crippen molar-refractivity contribution < 1.29 is 27.6 Å². The van der Waals surface area contributed by atoms with Gasteiger partial charge < -0.3 is 0 Å². The molecule has 5 nitrogen and oxygen atoms in total. The number of benzene rings is 2. The van der Waals surface area contributed by atoms with Crippen LogP contribution in [0.15, 0.2) is 54.6 Å². The zero-order valence-corrected chi connectivity index (χ0v) is 13.7. The van der Waals surface area contributed by atoms with Crippen molar-refractivity contribution in [3.8, 4) is 0 Å². The fourth-order valence-electron chi connectivity index (χ4n) is 2.62. The van der Waals surface area contributed by atoms with Gasteiger partial charge in [0, 0.05) is 5.69 Å². The normalized spacial score (nSPS) is 17.9. The van der Waals surface area contributed by atoms with Crippen LogP contribution in [-0.4, -0.2) is 23.0 Å². The molecule has 1 heterocycles. The molecule has 0 aliphatic carbocycles. The van der Waals surface area contributed by atoms with Crippen LogP contribution in [0.2, 0.25) is 0 Å². The number of imide groups is 1. The third-order valence-corrected chi connectivity index (χ3v) is 4.00. The van der Waals surface area contributed by atoms with Gasteiger partial charge in [0.25, 0.3) is 5.91 Å². The van der Waals surface area contributed by atoms with Crippen molar-refractivity contribution in [1.82, 2.24) is 5.06 Å². The smallest absolute Gasteiger partial charge is 0.280 e. The molecule has 1 aliphatic heterocycles. The lowest BCUT2D eigenvalue weighted by Crippen LogP contribution is -2.34. The Morgan fingerprint density at radius 3 is 2.19 bits per heavy atom. The molecule has 0 saturated carbocycles. The Morgan fingerprint density at radius 1 is 1.00 bits per heavy atom. The maximum absolute atomic E-state index is 12.7. The number of anilines is 1. The van der Waals surface area contributed by atoms with Crippen LogP contribution < -0.4 is 4.90 Å². The number of urea groups is 1. The standard InChI is InChI=1S/C18H15F3N2O3/c1-12-16(24)23(26-11-13-5-3-2-4-6-13)17(25)22(12)15-9-7-14(8-10-15)18(19,20)21/h2-10,12H,11H2,1H3/t12-/m1/s1. The van der Waals surface area contributed by atoms with E-state index >= 15 is 0 Å². The predicted octanol–water partition coefficient (Wildman–Crippen LogP) is 3.99. The number of carbonyl (C=O) groups is 2. The highest BCUT2D eigenvalue weighted by Crippen LogP contribution is 2.32. The average molecular weight is 364 g/mol. The van der Waals surface area contributed by atoms with Gasteiger partial charge in [0.2, 0.25) is 0 Å². The number of hydrogen-bond donors (Lipinski definition) is 0. The molecule has 0 bridgehead atoms. The van der Waals surface area contributed by atoms with Crippen LogP contribution in [0.25, 0.3) is 0 Å². The molecule has 1 aliphatic rings. The zero-order valence-electron chi connectivity index (χ0n) is 13.7. The van der Waals surface area contributed by atoms with Crippen LogP contribution >= 0.6 is 0 Å². The summed E-state index contributed by atoms with van der Waals surface area (Å²) >= 11 is 0. The van der Waals surface area contributed by atoms with Gasteiger partial charge in [-0.1, -0.05) is 30.3 Å². The van der Waals surface area contributed by atoms with Crippen molar-refractivity contribution in [2.45, 2.75) is 25.7 Å². The van der Waals surface area contributed by atoms with Crippen molar-refractivity contribution >= 4 is 17.6 Å². The van der Waals surface area contributed by atoms with Gasteiger partial charge in [-0.05, 0) is 36.8 Å². The lowest BCUT2D eigenvalue weighted by Gasteiger charge is -2.19. The van der Waals surface area contributed by atoms with E-state index in [9.17, 15) is 22.8 Å². The summed E-state index contributed by atoms with van der Waals surface area (Å²) in [6.45, 7) is 1.51. The highest BCUT2D eigenvalue weighted by atomic mass is 19.4. The Kier molecular flexibility index (Phi) is 4.69. The Balaban J connectivity index is 1.77. The SMILES string of the molecule is C[C@@H]1C(=O)N(OCc2ccccc2)C(=O)N1c1ccc(C(F)(F)F)cc1. The number of nitrogens with zero attached hydrogens (tertiary/aromatic N) is 2. The van der Waals surface area contributed by atoms with Crippen molar-refractivity contribution in [2.24, 2.45) is 0 Å². The number of hydrogen-bond acceptors (Lipinski definition) is 3. The Hall–Kier alpha value is -2.87. The van der Waals surface area contributed by atoms with E-state index < -0.39 is 29.7 Å². The van der Waals surface area contributed by atoms with Crippen molar-refractivity contribution in [1.29, 1.82) is 0 Å². The summed E-state index contributed by atoms with van der Waals surface area (Å²) < 4.78 is 38.0. The third-order valence-electron chi connectivity index (χ3n) is 4.00. The molecule has 1 saturated heterocycles.